The van der Waals surface area contributed by atoms with Crippen molar-refractivity contribution in [2.45, 2.75) is 0 Å². The molecule has 0 radical (unpaired) electrons. The van der Waals surface area contributed by atoms with Gasteiger partial charge in [-0.15, -0.1) is 0 Å². The summed E-state index contributed by atoms with van der Waals surface area (Å²) in [7, 11) is 0. The normalized spacial score (nSPS) is 8.96. The van der Waals surface area contributed by atoms with Gasteiger partial charge in [0.15, 0.2) is 0 Å². The maximum Gasteiger partial charge on any atom is 4.00 e. The van der Waals surface area contributed by atoms with E-state index >= 15 is 0 Å². The molecule has 124 valence electrons. The number of hydrogen-bond donors (Lipinski definition) is 0. The average molecular weight is 419 g/mol. The molecular weight excluding hydrogens is 411 g/mol. The third-order valence-corrected chi connectivity index (χ3v) is 2.67. The van der Waals surface area contributed by atoms with Gasteiger partial charge in [0, 0.05) is 0 Å². The standard InChI is InChI=1S/2C8H6O4.Zr/c2*9-7(10)5-2-1-3-6(4-5)8(11)12;/h2*1-4H,(H,9,10)(H,11,12);/q;;+4/p-4. The second-order valence-electron chi connectivity index (χ2n) is 4.31. The zero-order valence-electron chi connectivity index (χ0n) is 12.4. The van der Waals surface area contributed by atoms with Crippen molar-refractivity contribution in [3.63, 3.8) is 0 Å². The summed E-state index contributed by atoms with van der Waals surface area (Å²) in [6.07, 6.45) is 0. The second kappa shape index (κ2) is 10.1. The van der Waals surface area contributed by atoms with Crippen LogP contribution in [0, 0.1) is 0 Å². The van der Waals surface area contributed by atoms with Gasteiger partial charge in [-0.05, 0) is 34.4 Å². The molecule has 2 aromatic rings. The largest absolute Gasteiger partial charge is 4.00 e. The van der Waals surface area contributed by atoms with Crippen molar-refractivity contribution in [3.8, 4) is 0 Å². The molecule has 0 bridgehead atoms. The van der Waals surface area contributed by atoms with Gasteiger partial charge in [-0.2, -0.15) is 0 Å². The van der Waals surface area contributed by atoms with E-state index in [0.717, 1.165) is 12.1 Å². The molecule has 0 saturated carbocycles. The fourth-order valence-corrected chi connectivity index (χ4v) is 1.55. The number of carbonyl (C=O) groups is 4. The molecule has 0 heterocycles. The molecule has 0 spiro atoms. The van der Waals surface area contributed by atoms with Crippen LogP contribution in [0.4, 0.5) is 0 Å². The quantitative estimate of drug-likeness (QED) is 0.501. The molecule has 0 aliphatic heterocycles. The van der Waals surface area contributed by atoms with Crippen molar-refractivity contribution in [1.82, 2.24) is 0 Å². The minimum Gasteiger partial charge on any atom is -0.545 e. The predicted molar refractivity (Wildman–Crippen MR) is 70.2 cm³/mol. The summed E-state index contributed by atoms with van der Waals surface area (Å²) in [6, 6.07) is 9.62. The number of aromatic carboxylic acids is 4. The van der Waals surface area contributed by atoms with Gasteiger partial charge < -0.3 is 39.6 Å². The fraction of sp³-hybridized carbons (Fsp3) is 0. The summed E-state index contributed by atoms with van der Waals surface area (Å²) in [5.41, 5.74) is -0.679. The number of benzene rings is 2. The van der Waals surface area contributed by atoms with Crippen LogP contribution in [-0.2, 0) is 26.2 Å². The molecule has 0 aliphatic carbocycles. The number of carboxylic acids is 4. The van der Waals surface area contributed by atoms with Gasteiger partial charge in [0.1, 0.15) is 0 Å². The van der Waals surface area contributed by atoms with Crippen molar-refractivity contribution in [2.75, 3.05) is 0 Å². The molecule has 0 fully saturated rings. The fourth-order valence-electron chi connectivity index (χ4n) is 1.55. The van der Waals surface area contributed by atoms with Gasteiger partial charge in [-0.1, -0.05) is 36.4 Å². The van der Waals surface area contributed by atoms with Crippen LogP contribution in [0.15, 0.2) is 48.5 Å². The summed E-state index contributed by atoms with van der Waals surface area (Å²) in [6.45, 7) is 0. The Morgan fingerprint density at radius 1 is 0.520 bits per heavy atom. The molecule has 8 nitrogen and oxygen atoms in total. The topological polar surface area (TPSA) is 161 Å². The van der Waals surface area contributed by atoms with E-state index in [1.807, 2.05) is 0 Å². The van der Waals surface area contributed by atoms with E-state index in [1.165, 1.54) is 36.4 Å². The van der Waals surface area contributed by atoms with E-state index < -0.39 is 23.9 Å². The summed E-state index contributed by atoms with van der Waals surface area (Å²) >= 11 is 0. The van der Waals surface area contributed by atoms with E-state index in [0.29, 0.717) is 0 Å². The molecule has 0 N–H and O–H groups in total. The van der Waals surface area contributed by atoms with Crippen molar-refractivity contribution in [1.29, 1.82) is 0 Å². The molecule has 0 atom stereocenters. The minimum atomic E-state index is -1.40. The second-order valence-corrected chi connectivity index (χ2v) is 4.31. The van der Waals surface area contributed by atoms with Crippen molar-refractivity contribution in [3.05, 3.63) is 70.8 Å². The molecule has 2 aromatic carbocycles. The van der Waals surface area contributed by atoms with Crippen LogP contribution in [0.1, 0.15) is 41.4 Å². The van der Waals surface area contributed by atoms with Gasteiger partial charge >= 0.3 is 26.2 Å². The summed E-state index contributed by atoms with van der Waals surface area (Å²) in [4.78, 5) is 41.0. The Balaban J connectivity index is 0.000000443. The van der Waals surface area contributed by atoms with Crippen LogP contribution in [0.3, 0.4) is 0 Å². The monoisotopic (exact) mass is 418 g/mol. The Morgan fingerprint density at radius 3 is 0.880 bits per heavy atom. The first kappa shape index (κ1) is 22.2. The van der Waals surface area contributed by atoms with E-state index in [-0.39, 0.29) is 48.5 Å². The Morgan fingerprint density at radius 2 is 0.720 bits per heavy atom. The third-order valence-electron chi connectivity index (χ3n) is 2.67. The molecule has 0 saturated heterocycles. The first-order chi connectivity index (χ1) is 11.2. The van der Waals surface area contributed by atoms with E-state index in [4.69, 9.17) is 0 Å². The van der Waals surface area contributed by atoms with Crippen molar-refractivity contribution < 1.29 is 65.8 Å². The zero-order chi connectivity index (χ0) is 18.3. The smallest absolute Gasteiger partial charge is 0.545 e. The van der Waals surface area contributed by atoms with Crippen LogP contribution in [0.5, 0.6) is 0 Å². The molecule has 0 amide bonds. The molecule has 0 unspecified atom stereocenters. The average Bonchev–Trinajstić information content (AvgIpc) is 2.55. The number of carbonyl (C=O) groups excluding carboxylic acids is 4. The molecule has 9 heteroatoms. The van der Waals surface area contributed by atoms with Crippen LogP contribution in [-0.4, -0.2) is 23.9 Å². The first-order valence-corrected chi connectivity index (χ1v) is 6.28. The van der Waals surface area contributed by atoms with Crippen LogP contribution >= 0.6 is 0 Å². The summed E-state index contributed by atoms with van der Waals surface area (Å²) in [5.74, 6) is -5.62. The number of carboxylic acid groups (broad SMARTS) is 4. The SMILES string of the molecule is O=C([O-])c1cccc(C(=O)[O-])c1.O=C([O-])c1cccc(C(=O)[O-])c1.[Zr+4]. The first-order valence-electron chi connectivity index (χ1n) is 6.28. The van der Waals surface area contributed by atoms with Gasteiger partial charge in [0.25, 0.3) is 0 Å². The van der Waals surface area contributed by atoms with Crippen molar-refractivity contribution in [2.24, 2.45) is 0 Å². The number of rotatable bonds is 4. The third kappa shape index (κ3) is 7.09. The Bertz CT molecular complexity index is 674. The van der Waals surface area contributed by atoms with Gasteiger partial charge in [-0.25, -0.2) is 0 Å². The Labute approximate surface area is 160 Å². The Hall–Kier alpha value is -2.80. The molecule has 0 aliphatic rings. The Kier molecular flexibility index (Phi) is 9.01. The maximum absolute atomic E-state index is 10.3. The van der Waals surface area contributed by atoms with Crippen molar-refractivity contribution >= 4 is 23.9 Å². The number of hydrogen-bond acceptors (Lipinski definition) is 8. The molecule has 25 heavy (non-hydrogen) atoms. The van der Waals surface area contributed by atoms with Gasteiger partial charge in [0.2, 0.25) is 0 Å². The molecule has 0 aromatic heterocycles. The van der Waals surface area contributed by atoms with Gasteiger partial charge in [0.05, 0.1) is 23.9 Å². The van der Waals surface area contributed by atoms with Gasteiger partial charge in [-0.3, -0.25) is 0 Å². The summed E-state index contributed by atoms with van der Waals surface area (Å²) in [5, 5.41) is 41.0. The zero-order valence-corrected chi connectivity index (χ0v) is 14.8. The summed E-state index contributed by atoms with van der Waals surface area (Å²) < 4.78 is 0. The molecular formula is C16H8O8Zr. The minimum absolute atomic E-state index is 0. The molecule has 2 rings (SSSR count). The van der Waals surface area contributed by atoms with Crippen LogP contribution in [0.2, 0.25) is 0 Å². The predicted octanol–water partition coefficient (Wildman–Crippen LogP) is -3.18. The van der Waals surface area contributed by atoms with Crippen LogP contribution in [0.25, 0.3) is 0 Å². The van der Waals surface area contributed by atoms with E-state index in [2.05, 4.69) is 0 Å². The van der Waals surface area contributed by atoms with E-state index in [9.17, 15) is 39.6 Å². The van der Waals surface area contributed by atoms with Crippen LogP contribution < -0.4 is 20.4 Å². The maximum atomic E-state index is 10.3. The van der Waals surface area contributed by atoms with E-state index in [1.54, 1.807) is 0 Å².